The number of methoxy groups -OCH3 is 2. The molecule has 0 aliphatic carbocycles. The average Bonchev–Trinajstić information content (AvgIpc) is 2.79. The highest BCUT2D eigenvalue weighted by molar-refractivity contribution is 7.89. The molecule has 1 saturated heterocycles. The van der Waals surface area contributed by atoms with Gasteiger partial charge in [0.25, 0.3) is 0 Å². The Morgan fingerprint density at radius 2 is 1.74 bits per heavy atom. The molecule has 2 aromatic rings. The minimum Gasteiger partial charge on any atom is -0.497 e. The molecule has 1 amide bonds. The zero-order chi connectivity index (χ0) is 22.6. The van der Waals surface area contributed by atoms with E-state index >= 15 is 0 Å². The lowest BCUT2D eigenvalue weighted by atomic mass is 9.96. The fraction of sp³-hybridized carbons (Fsp3) is 0.409. The predicted octanol–water partition coefficient (Wildman–Crippen LogP) is 2.90. The van der Waals surface area contributed by atoms with Gasteiger partial charge in [0.1, 0.15) is 22.2 Å². The van der Waals surface area contributed by atoms with Crippen molar-refractivity contribution in [2.75, 3.05) is 34.4 Å². The number of halogens is 1. The lowest BCUT2D eigenvalue weighted by Crippen LogP contribution is -2.43. The molecule has 9 heteroatoms. The molecule has 1 fully saturated rings. The third kappa shape index (κ3) is 5.16. The SMILES string of the molecule is COc1ccc(CN(C)C(=O)C2CCN(S(=O)(=O)c3cc(F)ccc3OC)CC2)cc1. The van der Waals surface area contributed by atoms with Gasteiger partial charge in [0.15, 0.2) is 0 Å². The number of hydrogen-bond acceptors (Lipinski definition) is 5. The van der Waals surface area contributed by atoms with Crippen molar-refractivity contribution in [1.29, 1.82) is 0 Å². The van der Waals surface area contributed by atoms with Crippen molar-refractivity contribution in [3.63, 3.8) is 0 Å². The van der Waals surface area contributed by atoms with Gasteiger partial charge in [-0.1, -0.05) is 12.1 Å². The second-order valence-electron chi connectivity index (χ2n) is 7.52. The van der Waals surface area contributed by atoms with Crippen molar-refractivity contribution in [3.05, 3.63) is 53.8 Å². The Balaban J connectivity index is 1.63. The second kappa shape index (κ2) is 9.65. The summed E-state index contributed by atoms with van der Waals surface area (Å²) in [5.74, 6) is -0.0787. The molecule has 2 aromatic carbocycles. The van der Waals surface area contributed by atoms with Crippen molar-refractivity contribution in [1.82, 2.24) is 9.21 Å². The summed E-state index contributed by atoms with van der Waals surface area (Å²) in [5.41, 5.74) is 0.981. The van der Waals surface area contributed by atoms with Crippen molar-refractivity contribution >= 4 is 15.9 Å². The number of amides is 1. The molecule has 0 bridgehead atoms. The molecule has 168 valence electrons. The minimum atomic E-state index is -3.92. The van der Waals surface area contributed by atoms with Gasteiger partial charge in [-0.25, -0.2) is 12.8 Å². The van der Waals surface area contributed by atoms with Crippen LogP contribution < -0.4 is 9.47 Å². The number of carbonyl (C=O) groups excluding carboxylic acids is 1. The summed E-state index contributed by atoms with van der Waals surface area (Å²) in [4.78, 5) is 14.3. The van der Waals surface area contributed by atoms with Crippen molar-refractivity contribution in [3.8, 4) is 11.5 Å². The highest BCUT2D eigenvalue weighted by Gasteiger charge is 2.34. The number of nitrogens with zero attached hydrogens (tertiary/aromatic N) is 2. The van der Waals surface area contributed by atoms with Crippen LogP contribution in [0.4, 0.5) is 4.39 Å². The van der Waals surface area contributed by atoms with Gasteiger partial charge in [0, 0.05) is 32.6 Å². The Morgan fingerprint density at radius 3 is 2.32 bits per heavy atom. The smallest absolute Gasteiger partial charge is 0.246 e. The maximum absolute atomic E-state index is 13.7. The van der Waals surface area contributed by atoms with Crippen LogP contribution in [-0.4, -0.2) is 57.9 Å². The van der Waals surface area contributed by atoms with E-state index in [2.05, 4.69) is 0 Å². The molecule has 0 unspecified atom stereocenters. The van der Waals surface area contributed by atoms with E-state index < -0.39 is 15.8 Å². The first-order valence-corrected chi connectivity index (χ1v) is 11.4. The number of carbonyl (C=O) groups is 1. The number of rotatable bonds is 7. The van der Waals surface area contributed by atoms with Crippen LogP contribution in [0, 0.1) is 11.7 Å². The average molecular weight is 451 g/mol. The Morgan fingerprint density at radius 1 is 1.10 bits per heavy atom. The van der Waals surface area contributed by atoms with Gasteiger partial charge in [-0.3, -0.25) is 4.79 Å². The normalized spacial score (nSPS) is 15.5. The molecule has 0 saturated carbocycles. The summed E-state index contributed by atoms with van der Waals surface area (Å²) in [7, 11) is 0.765. The lowest BCUT2D eigenvalue weighted by Gasteiger charge is -2.32. The monoisotopic (exact) mass is 450 g/mol. The molecule has 0 spiro atoms. The van der Waals surface area contributed by atoms with Gasteiger partial charge in [0.2, 0.25) is 15.9 Å². The van der Waals surface area contributed by atoms with Gasteiger partial charge in [-0.05, 0) is 48.7 Å². The van der Waals surface area contributed by atoms with Gasteiger partial charge < -0.3 is 14.4 Å². The summed E-state index contributed by atoms with van der Waals surface area (Å²) in [6.45, 7) is 0.839. The van der Waals surface area contributed by atoms with E-state index in [-0.39, 0.29) is 35.6 Å². The van der Waals surface area contributed by atoms with Crippen molar-refractivity contribution in [2.45, 2.75) is 24.3 Å². The number of benzene rings is 2. The van der Waals surface area contributed by atoms with E-state index in [0.717, 1.165) is 23.4 Å². The van der Waals surface area contributed by atoms with Crippen LogP contribution in [0.2, 0.25) is 0 Å². The van der Waals surface area contributed by atoms with Crippen LogP contribution in [0.25, 0.3) is 0 Å². The molecule has 0 atom stereocenters. The van der Waals surface area contributed by atoms with Gasteiger partial charge in [-0.2, -0.15) is 4.31 Å². The van der Waals surface area contributed by atoms with Gasteiger partial charge in [-0.15, -0.1) is 0 Å². The zero-order valence-corrected chi connectivity index (χ0v) is 18.7. The van der Waals surface area contributed by atoms with Crippen LogP contribution in [0.3, 0.4) is 0 Å². The molecular weight excluding hydrogens is 423 g/mol. The maximum atomic E-state index is 13.7. The number of hydrogen-bond donors (Lipinski definition) is 0. The van der Waals surface area contributed by atoms with Crippen molar-refractivity contribution in [2.24, 2.45) is 5.92 Å². The Bertz CT molecular complexity index is 1020. The number of sulfonamides is 1. The largest absolute Gasteiger partial charge is 0.497 e. The fourth-order valence-electron chi connectivity index (χ4n) is 3.73. The molecular formula is C22H27FN2O5S. The Labute approximate surface area is 182 Å². The molecule has 0 aromatic heterocycles. The van der Waals surface area contributed by atoms with Gasteiger partial charge >= 0.3 is 0 Å². The summed E-state index contributed by atoms with van der Waals surface area (Å²) in [6, 6.07) is 10.9. The first kappa shape index (κ1) is 23.0. The van der Waals surface area contributed by atoms with E-state index in [1.54, 1.807) is 19.1 Å². The van der Waals surface area contributed by atoms with Crippen LogP contribution in [0.15, 0.2) is 47.4 Å². The Kier molecular flexibility index (Phi) is 7.17. The van der Waals surface area contributed by atoms with Gasteiger partial charge in [0.05, 0.1) is 14.2 Å². The Hall–Kier alpha value is -2.65. The summed E-state index contributed by atoms with van der Waals surface area (Å²) >= 11 is 0. The van der Waals surface area contributed by atoms with Crippen LogP contribution in [0.5, 0.6) is 11.5 Å². The maximum Gasteiger partial charge on any atom is 0.246 e. The molecule has 1 heterocycles. The molecule has 1 aliphatic heterocycles. The molecule has 0 radical (unpaired) electrons. The van der Waals surface area contributed by atoms with E-state index in [4.69, 9.17) is 9.47 Å². The molecule has 1 aliphatic rings. The molecule has 7 nitrogen and oxygen atoms in total. The van der Waals surface area contributed by atoms with Crippen LogP contribution in [-0.2, 0) is 21.4 Å². The first-order valence-electron chi connectivity index (χ1n) is 9.98. The molecule has 31 heavy (non-hydrogen) atoms. The molecule has 0 N–H and O–H groups in total. The van der Waals surface area contributed by atoms with Crippen LogP contribution in [0.1, 0.15) is 18.4 Å². The topological polar surface area (TPSA) is 76.2 Å². The lowest BCUT2D eigenvalue weighted by molar-refractivity contribution is -0.135. The highest BCUT2D eigenvalue weighted by Crippen LogP contribution is 2.31. The van der Waals surface area contributed by atoms with E-state index in [1.807, 2.05) is 24.3 Å². The summed E-state index contributed by atoms with van der Waals surface area (Å²) < 4.78 is 51.2. The van der Waals surface area contributed by atoms with Crippen LogP contribution >= 0.6 is 0 Å². The third-order valence-corrected chi connectivity index (χ3v) is 7.42. The number of ether oxygens (including phenoxy) is 2. The van der Waals surface area contributed by atoms with E-state index in [0.29, 0.717) is 19.4 Å². The highest BCUT2D eigenvalue weighted by atomic mass is 32.2. The quantitative estimate of drug-likeness (QED) is 0.648. The predicted molar refractivity (Wildman–Crippen MR) is 114 cm³/mol. The van der Waals surface area contributed by atoms with Crippen molar-refractivity contribution < 1.29 is 27.1 Å². The number of piperidine rings is 1. The summed E-state index contributed by atoms with van der Waals surface area (Å²) in [5, 5.41) is 0. The standard InChI is InChI=1S/C22H27FN2O5S/c1-24(15-16-4-7-19(29-2)8-5-16)22(26)17-10-12-25(13-11-17)31(27,28)21-14-18(23)6-9-20(21)30-3/h4-9,14,17H,10-13,15H2,1-3H3. The summed E-state index contributed by atoms with van der Waals surface area (Å²) in [6.07, 6.45) is 0.811. The third-order valence-electron chi connectivity index (χ3n) is 5.50. The minimum absolute atomic E-state index is 0.0174. The zero-order valence-electron chi connectivity index (χ0n) is 17.9. The fourth-order valence-corrected chi connectivity index (χ4v) is 5.37. The molecule has 3 rings (SSSR count). The van der Waals surface area contributed by atoms with E-state index in [9.17, 15) is 17.6 Å². The van der Waals surface area contributed by atoms with E-state index in [1.165, 1.54) is 17.5 Å². The first-order chi connectivity index (χ1) is 14.8. The second-order valence-corrected chi connectivity index (χ2v) is 9.42.